The molecule has 0 heterocycles. The van der Waals surface area contributed by atoms with Crippen LogP contribution in [0, 0.1) is 0 Å². The van der Waals surface area contributed by atoms with E-state index in [1.54, 1.807) is 24.1 Å². The molecule has 0 radical (unpaired) electrons. The molecule has 10 heteroatoms. The summed E-state index contributed by atoms with van der Waals surface area (Å²) in [7, 11) is 5.66. The Balaban J connectivity index is 1.83. The van der Waals surface area contributed by atoms with Crippen LogP contribution in [0.15, 0.2) is 48.2 Å². The summed E-state index contributed by atoms with van der Waals surface area (Å²) < 4.78 is 15.3. The molecule has 6 nitrogen and oxygen atoms in total. The van der Waals surface area contributed by atoms with Crippen molar-refractivity contribution < 1.29 is 14.3 Å². The maximum Gasteiger partial charge on any atom is 0.246 e. The second-order valence-electron chi connectivity index (χ2n) is 8.16. The Kier molecular flexibility index (Phi) is 14.6. The third-order valence-corrected chi connectivity index (χ3v) is 7.59. The summed E-state index contributed by atoms with van der Waals surface area (Å²) >= 11 is 14.3. The van der Waals surface area contributed by atoms with Crippen molar-refractivity contribution in [2.45, 2.75) is 19.3 Å². The van der Waals surface area contributed by atoms with E-state index in [1.165, 1.54) is 5.56 Å². The first-order valence-electron chi connectivity index (χ1n) is 11.7. The first-order valence-corrected chi connectivity index (χ1v) is 14.9. The summed E-state index contributed by atoms with van der Waals surface area (Å²) in [6, 6.07) is 8.04. The lowest BCUT2D eigenvalue weighted by atomic mass is 10.1. The van der Waals surface area contributed by atoms with Crippen LogP contribution in [0.2, 0.25) is 0 Å². The highest BCUT2D eigenvalue weighted by molar-refractivity contribution is 9.11. The van der Waals surface area contributed by atoms with Crippen molar-refractivity contribution in [3.8, 4) is 11.5 Å². The van der Waals surface area contributed by atoms with Gasteiger partial charge >= 0.3 is 0 Å². The van der Waals surface area contributed by atoms with Gasteiger partial charge in [0.2, 0.25) is 5.91 Å². The van der Waals surface area contributed by atoms with Gasteiger partial charge in [-0.1, -0.05) is 0 Å². The SMILES string of the molecule is CNCCCOc1c(Br)cc(C=CC(=O)N(C)CCCOc2c(Br)cc(CCNC)cc2Br)cc1Br. The topological polar surface area (TPSA) is 62.8 Å². The van der Waals surface area contributed by atoms with E-state index in [2.05, 4.69) is 86.5 Å². The van der Waals surface area contributed by atoms with Gasteiger partial charge in [-0.3, -0.25) is 4.79 Å². The average Bonchev–Trinajstić information content (AvgIpc) is 2.84. The van der Waals surface area contributed by atoms with Crippen molar-refractivity contribution in [2.24, 2.45) is 0 Å². The summed E-state index contributed by atoms with van der Waals surface area (Å²) in [6.45, 7) is 3.53. The van der Waals surface area contributed by atoms with Gasteiger partial charge in [0.15, 0.2) is 0 Å². The predicted octanol–water partition coefficient (Wildman–Crippen LogP) is 6.43. The Morgan fingerprint density at radius 2 is 1.39 bits per heavy atom. The van der Waals surface area contributed by atoms with E-state index in [4.69, 9.17) is 9.47 Å². The van der Waals surface area contributed by atoms with Gasteiger partial charge in [0.25, 0.3) is 0 Å². The molecule has 0 saturated carbocycles. The maximum absolute atomic E-state index is 12.6. The molecule has 0 spiro atoms. The molecule has 0 fully saturated rings. The number of ether oxygens (including phenoxy) is 2. The van der Waals surface area contributed by atoms with Crippen molar-refractivity contribution in [1.29, 1.82) is 0 Å². The first kappa shape index (κ1) is 31.3. The lowest BCUT2D eigenvalue weighted by Gasteiger charge is -2.16. The van der Waals surface area contributed by atoms with Gasteiger partial charge in [0, 0.05) is 19.7 Å². The van der Waals surface area contributed by atoms with Crippen LogP contribution in [0.25, 0.3) is 6.08 Å². The number of amides is 1. The van der Waals surface area contributed by atoms with Crippen LogP contribution in [-0.4, -0.2) is 64.8 Å². The lowest BCUT2D eigenvalue weighted by Crippen LogP contribution is -2.26. The van der Waals surface area contributed by atoms with Crippen molar-refractivity contribution >= 4 is 75.7 Å². The number of nitrogens with one attached hydrogen (secondary N) is 2. The molecule has 0 aromatic heterocycles. The summed E-state index contributed by atoms with van der Waals surface area (Å²) in [4.78, 5) is 14.3. The molecule has 198 valence electrons. The summed E-state index contributed by atoms with van der Waals surface area (Å²) in [5.41, 5.74) is 2.12. The van der Waals surface area contributed by atoms with Gasteiger partial charge in [-0.05, 0) is 152 Å². The zero-order chi connectivity index (χ0) is 26.5. The zero-order valence-electron chi connectivity index (χ0n) is 20.8. The molecule has 0 aliphatic rings. The number of nitrogens with zero attached hydrogens (tertiary/aromatic N) is 1. The highest BCUT2D eigenvalue weighted by atomic mass is 79.9. The van der Waals surface area contributed by atoms with E-state index < -0.39 is 0 Å². The van der Waals surface area contributed by atoms with Crippen LogP contribution < -0.4 is 20.1 Å². The maximum atomic E-state index is 12.6. The third-order valence-electron chi connectivity index (χ3n) is 5.24. The Morgan fingerprint density at radius 3 is 1.94 bits per heavy atom. The molecule has 0 saturated heterocycles. The average molecular weight is 755 g/mol. The molecular weight excluding hydrogens is 722 g/mol. The molecule has 2 aromatic carbocycles. The normalized spacial score (nSPS) is 11.2. The van der Waals surface area contributed by atoms with Gasteiger partial charge in [0.05, 0.1) is 31.1 Å². The third kappa shape index (κ3) is 10.5. The van der Waals surface area contributed by atoms with Crippen molar-refractivity contribution in [2.75, 3.05) is 54.0 Å². The zero-order valence-corrected chi connectivity index (χ0v) is 27.1. The van der Waals surface area contributed by atoms with Gasteiger partial charge < -0.3 is 25.0 Å². The van der Waals surface area contributed by atoms with Gasteiger partial charge in [-0.2, -0.15) is 0 Å². The quantitative estimate of drug-likeness (QED) is 0.162. The minimum Gasteiger partial charge on any atom is -0.491 e. The van der Waals surface area contributed by atoms with Crippen LogP contribution in [0.3, 0.4) is 0 Å². The van der Waals surface area contributed by atoms with E-state index in [9.17, 15) is 4.79 Å². The minimum absolute atomic E-state index is 0.0640. The molecule has 1 amide bonds. The van der Waals surface area contributed by atoms with Crippen molar-refractivity contribution in [1.82, 2.24) is 15.5 Å². The summed E-state index contributed by atoms with van der Waals surface area (Å²) in [5.74, 6) is 1.48. The Hall–Kier alpha value is -0.910. The fraction of sp³-hybridized carbons (Fsp3) is 0.423. The number of benzene rings is 2. The molecule has 0 bridgehead atoms. The molecule has 2 aromatic rings. The molecule has 0 atom stereocenters. The van der Waals surface area contributed by atoms with E-state index in [0.717, 1.165) is 60.9 Å². The van der Waals surface area contributed by atoms with E-state index in [0.29, 0.717) is 26.2 Å². The molecule has 0 unspecified atom stereocenters. The molecule has 0 aliphatic heterocycles. The highest BCUT2D eigenvalue weighted by Crippen LogP contribution is 2.36. The van der Waals surface area contributed by atoms with Gasteiger partial charge in [-0.25, -0.2) is 0 Å². The Morgan fingerprint density at radius 1 is 0.861 bits per heavy atom. The standard InChI is InChI=1S/C26H33Br4N3O3/c1-31-9-4-12-35-25-20(27)14-18(15-21(25)28)6-7-24(34)33(3)11-5-13-36-26-22(29)16-19(8-10-32-2)17-23(26)30/h6-7,14-17,31-32H,4-5,8-13H2,1-3H3. The number of likely N-dealkylation sites (N-methyl/N-ethyl adjacent to an activating group) is 2. The second kappa shape index (κ2) is 16.8. The number of hydrogen-bond donors (Lipinski definition) is 2. The molecule has 0 aliphatic carbocycles. The molecule has 2 rings (SSSR count). The smallest absolute Gasteiger partial charge is 0.246 e. The van der Waals surface area contributed by atoms with Crippen molar-refractivity contribution in [3.63, 3.8) is 0 Å². The Bertz CT molecular complexity index is 987. The van der Waals surface area contributed by atoms with E-state index in [-0.39, 0.29) is 5.91 Å². The highest BCUT2D eigenvalue weighted by Gasteiger charge is 2.11. The number of carbonyl (C=O) groups is 1. The number of halogens is 4. The summed E-state index contributed by atoms with van der Waals surface area (Å²) in [6.07, 6.45) is 5.96. The number of hydrogen-bond acceptors (Lipinski definition) is 5. The predicted molar refractivity (Wildman–Crippen MR) is 162 cm³/mol. The molecular formula is C26H33Br4N3O3. The van der Waals surface area contributed by atoms with Crippen LogP contribution in [-0.2, 0) is 11.2 Å². The second-order valence-corrected chi connectivity index (χ2v) is 11.6. The minimum atomic E-state index is -0.0640. The van der Waals surface area contributed by atoms with Crippen LogP contribution in [0.4, 0.5) is 0 Å². The van der Waals surface area contributed by atoms with E-state index >= 15 is 0 Å². The lowest BCUT2D eigenvalue weighted by molar-refractivity contribution is -0.124. The fourth-order valence-electron chi connectivity index (χ4n) is 3.28. The number of rotatable bonds is 15. The fourth-order valence-corrected chi connectivity index (χ4v) is 6.24. The largest absolute Gasteiger partial charge is 0.491 e. The molecule has 2 N–H and O–H groups in total. The monoisotopic (exact) mass is 751 g/mol. The van der Waals surface area contributed by atoms with E-state index in [1.807, 2.05) is 26.2 Å². The van der Waals surface area contributed by atoms with Gasteiger partial charge in [0.1, 0.15) is 11.5 Å². The molecule has 36 heavy (non-hydrogen) atoms. The van der Waals surface area contributed by atoms with Crippen LogP contribution in [0.5, 0.6) is 11.5 Å². The van der Waals surface area contributed by atoms with Gasteiger partial charge in [-0.15, -0.1) is 0 Å². The van der Waals surface area contributed by atoms with Crippen LogP contribution >= 0.6 is 63.7 Å². The van der Waals surface area contributed by atoms with Crippen molar-refractivity contribution in [3.05, 3.63) is 59.4 Å². The summed E-state index contributed by atoms with van der Waals surface area (Å²) in [5, 5.41) is 6.26. The first-order chi connectivity index (χ1) is 17.3. The number of carbonyl (C=O) groups excluding carboxylic acids is 1. The Labute approximate surface area is 248 Å². The van der Waals surface area contributed by atoms with Crippen LogP contribution in [0.1, 0.15) is 24.0 Å².